The Kier molecular flexibility index (Phi) is 4.29. The van der Waals surface area contributed by atoms with E-state index in [1.165, 1.54) is 54.6 Å². The van der Waals surface area contributed by atoms with Crippen LogP contribution >= 0.6 is 0 Å². The minimum Gasteiger partial charge on any atom is -0.456 e. The standard InChI is InChI=1S/C36H22O/c1-2-10-23(11-3-1)35-28-13-4-6-15-30(28)36(31-16-7-5-14-29(31)35)25-19-18-24-22-34-32(21-26(24)20-25)27-12-8-9-17-33(27)37-34/h1-22H. The van der Waals surface area contributed by atoms with Crippen LogP contribution in [-0.2, 0) is 0 Å². The molecule has 0 fully saturated rings. The van der Waals surface area contributed by atoms with Crippen LogP contribution in [0, 0.1) is 0 Å². The average Bonchev–Trinajstić information content (AvgIpc) is 3.32. The molecule has 0 saturated carbocycles. The lowest BCUT2D eigenvalue weighted by atomic mass is 9.85. The second kappa shape index (κ2) is 7.81. The Morgan fingerprint density at radius 3 is 1.57 bits per heavy atom. The molecule has 0 radical (unpaired) electrons. The molecule has 8 aromatic rings. The third-order valence-corrected chi connectivity index (χ3v) is 7.62. The molecule has 0 bridgehead atoms. The summed E-state index contributed by atoms with van der Waals surface area (Å²) in [6.07, 6.45) is 0. The number of rotatable bonds is 2. The first kappa shape index (κ1) is 20.3. The molecule has 0 spiro atoms. The SMILES string of the molecule is c1ccc(-c2c3ccccc3c(-c3ccc4cc5oc6ccccc6c5cc4c3)c3ccccc23)cc1. The van der Waals surface area contributed by atoms with Gasteiger partial charge in [-0.05, 0) is 78.8 Å². The van der Waals surface area contributed by atoms with Crippen LogP contribution in [0.25, 0.3) is 76.5 Å². The molecule has 0 aliphatic heterocycles. The minimum atomic E-state index is 0.932. The van der Waals surface area contributed by atoms with Gasteiger partial charge in [0, 0.05) is 10.8 Å². The molecule has 1 aromatic heterocycles. The van der Waals surface area contributed by atoms with E-state index in [9.17, 15) is 0 Å². The zero-order valence-corrected chi connectivity index (χ0v) is 20.1. The summed E-state index contributed by atoms with van der Waals surface area (Å²) < 4.78 is 6.15. The van der Waals surface area contributed by atoms with Crippen LogP contribution in [0.1, 0.15) is 0 Å². The first-order valence-corrected chi connectivity index (χ1v) is 12.7. The maximum absolute atomic E-state index is 6.15. The van der Waals surface area contributed by atoms with Crippen molar-refractivity contribution in [3.05, 3.63) is 133 Å². The van der Waals surface area contributed by atoms with Gasteiger partial charge in [-0.15, -0.1) is 0 Å². The van der Waals surface area contributed by atoms with Crippen LogP contribution in [0.3, 0.4) is 0 Å². The van der Waals surface area contributed by atoms with Gasteiger partial charge in [-0.1, -0.05) is 109 Å². The average molecular weight is 471 g/mol. The molecule has 0 N–H and O–H groups in total. The predicted octanol–water partition coefficient (Wildman–Crippen LogP) is 10.4. The monoisotopic (exact) mass is 470 g/mol. The van der Waals surface area contributed by atoms with Crippen LogP contribution in [0.5, 0.6) is 0 Å². The molecule has 0 aliphatic carbocycles. The van der Waals surface area contributed by atoms with Gasteiger partial charge in [0.1, 0.15) is 11.2 Å². The van der Waals surface area contributed by atoms with Gasteiger partial charge in [0.2, 0.25) is 0 Å². The first-order valence-electron chi connectivity index (χ1n) is 12.7. The number of benzene rings is 7. The van der Waals surface area contributed by atoms with Crippen molar-refractivity contribution < 1.29 is 4.42 Å². The molecular formula is C36H22O. The van der Waals surface area contributed by atoms with E-state index in [1.54, 1.807) is 0 Å². The number of para-hydroxylation sites is 1. The Bertz CT molecular complexity index is 2070. The predicted molar refractivity (Wildman–Crippen MR) is 157 cm³/mol. The van der Waals surface area contributed by atoms with E-state index in [0.29, 0.717) is 0 Å². The molecule has 0 amide bonds. The molecule has 8 rings (SSSR count). The van der Waals surface area contributed by atoms with Gasteiger partial charge in [0.15, 0.2) is 0 Å². The molecule has 0 unspecified atom stereocenters. The summed E-state index contributed by atoms with van der Waals surface area (Å²) in [6.45, 7) is 0. The fraction of sp³-hybridized carbons (Fsp3) is 0. The summed E-state index contributed by atoms with van der Waals surface area (Å²) in [4.78, 5) is 0. The van der Waals surface area contributed by atoms with Gasteiger partial charge in [-0.25, -0.2) is 0 Å². The maximum Gasteiger partial charge on any atom is 0.136 e. The smallest absolute Gasteiger partial charge is 0.136 e. The van der Waals surface area contributed by atoms with Gasteiger partial charge < -0.3 is 4.42 Å². The van der Waals surface area contributed by atoms with Gasteiger partial charge in [0.25, 0.3) is 0 Å². The second-order valence-corrected chi connectivity index (χ2v) is 9.72. The largest absolute Gasteiger partial charge is 0.456 e. The number of furan rings is 1. The molecule has 0 atom stereocenters. The lowest BCUT2D eigenvalue weighted by Gasteiger charge is -2.18. The van der Waals surface area contributed by atoms with E-state index < -0.39 is 0 Å². The van der Waals surface area contributed by atoms with Crippen LogP contribution in [0.15, 0.2) is 138 Å². The summed E-state index contributed by atoms with van der Waals surface area (Å²) in [6, 6.07) is 47.9. The van der Waals surface area contributed by atoms with Crippen LogP contribution < -0.4 is 0 Å². The topological polar surface area (TPSA) is 13.1 Å². The van der Waals surface area contributed by atoms with Crippen molar-refractivity contribution in [2.75, 3.05) is 0 Å². The van der Waals surface area contributed by atoms with Crippen LogP contribution in [0.4, 0.5) is 0 Å². The fourth-order valence-electron chi connectivity index (χ4n) is 5.98. The Balaban J connectivity index is 1.46. The summed E-state index contributed by atoms with van der Waals surface area (Å²) in [7, 11) is 0. The van der Waals surface area contributed by atoms with E-state index in [1.807, 2.05) is 12.1 Å². The van der Waals surface area contributed by atoms with Gasteiger partial charge >= 0.3 is 0 Å². The Morgan fingerprint density at radius 2 is 0.892 bits per heavy atom. The van der Waals surface area contributed by atoms with E-state index in [0.717, 1.165) is 21.9 Å². The van der Waals surface area contributed by atoms with Crippen molar-refractivity contribution in [3.8, 4) is 22.3 Å². The van der Waals surface area contributed by atoms with Gasteiger partial charge in [-0.3, -0.25) is 0 Å². The third kappa shape index (κ3) is 3.04. The summed E-state index contributed by atoms with van der Waals surface area (Å²) in [5.74, 6) is 0. The van der Waals surface area contributed by atoms with E-state index in [-0.39, 0.29) is 0 Å². The third-order valence-electron chi connectivity index (χ3n) is 7.62. The normalized spacial score (nSPS) is 11.8. The molecule has 1 heterocycles. The highest BCUT2D eigenvalue weighted by molar-refractivity contribution is 6.22. The molecule has 37 heavy (non-hydrogen) atoms. The highest BCUT2D eigenvalue weighted by Gasteiger charge is 2.17. The van der Waals surface area contributed by atoms with E-state index in [2.05, 4.69) is 121 Å². The van der Waals surface area contributed by atoms with Crippen molar-refractivity contribution in [2.45, 2.75) is 0 Å². The second-order valence-electron chi connectivity index (χ2n) is 9.72. The lowest BCUT2D eigenvalue weighted by Crippen LogP contribution is -1.90. The van der Waals surface area contributed by atoms with Crippen molar-refractivity contribution in [1.29, 1.82) is 0 Å². The van der Waals surface area contributed by atoms with Crippen molar-refractivity contribution >= 4 is 54.3 Å². The molecule has 1 nitrogen and oxygen atoms in total. The molecule has 7 aromatic carbocycles. The van der Waals surface area contributed by atoms with Gasteiger partial charge in [-0.2, -0.15) is 0 Å². The number of hydrogen-bond acceptors (Lipinski definition) is 1. The van der Waals surface area contributed by atoms with Crippen LogP contribution in [-0.4, -0.2) is 0 Å². The zero-order valence-electron chi connectivity index (χ0n) is 20.1. The van der Waals surface area contributed by atoms with Gasteiger partial charge in [0.05, 0.1) is 0 Å². The minimum absolute atomic E-state index is 0.932. The van der Waals surface area contributed by atoms with Crippen molar-refractivity contribution in [3.63, 3.8) is 0 Å². The Labute approximate surface area is 214 Å². The number of fused-ring (bicyclic) bond motifs is 6. The van der Waals surface area contributed by atoms with Crippen LogP contribution in [0.2, 0.25) is 0 Å². The van der Waals surface area contributed by atoms with E-state index >= 15 is 0 Å². The first-order chi connectivity index (χ1) is 18.3. The Morgan fingerprint density at radius 1 is 0.324 bits per heavy atom. The quantitative estimate of drug-likeness (QED) is 0.229. The Hall–Kier alpha value is -4.88. The van der Waals surface area contributed by atoms with Crippen molar-refractivity contribution in [1.82, 2.24) is 0 Å². The maximum atomic E-state index is 6.15. The zero-order chi connectivity index (χ0) is 24.3. The summed E-state index contributed by atoms with van der Waals surface area (Å²) >= 11 is 0. The van der Waals surface area contributed by atoms with Crippen molar-refractivity contribution in [2.24, 2.45) is 0 Å². The fourth-order valence-corrected chi connectivity index (χ4v) is 5.98. The molecule has 1 heteroatoms. The highest BCUT2D eigenvalue weighted by Crippen LogP contribution is 2.44. The highest BCUT2D eigenvalue weighted by atomic mass is 16.3. The summed E-state index contributed by atoms with van der Waals surface area (Å²) in [5.41, 5.74) is 6.92. The molecule has 0 aliphatic rings. The molecule has 0 saturated heterocycles. The van der Waals surface area contributed by atoms with E-state index in [4.69, 9.17) is 4.42 Å². The molecular weight excluding hydrogens is 448 g/mol. The lowest BCUT2D eigenvalue weighted by molar-refractivity contribution is 0.669. The number of hydrogen-bond donors (Lipinski definition) is 0. The molecule has 172 valence electrons. The summed E-state index contributed by atoms with van der Waals surface area (Å²) in [5, 5.41) is 9.82.